The molecule has 5 heteroatoms. The molecule has 0 fully saturated rings. The highest BCUT2D eigenvalue weighted by Crippen LogP contribution is 2.24. The second-order valence-corrected chi connectivity index (χ2v) is 2.18. The van der Waals surface area contributed by atoms with Gasteiger partial charge in [-0.3, -0.25) is 0 Å². The van der Waals surface area contributed by atoms with Gasteiger partial charge in [0, 0.05) is 6.07 Å². The number of ether oxygens (including phenoxy) is 1. The Balaban J connectivity index is 2.64. The van der Waals surface area contributed by atoms with Crippen LogP contribution in [0.1, 0.15) is 12.5 Å². The lowest BCUT2D eigenvalue weighted by atomic mass is 10.3. The maximum Gasteiger partial charge on any atom is 0.575 e. The zero-order chi connectivity index (χ0) is 9.19. The second kappa shape index (κ2) is 3.08. The zero-order valence-corrected chi connectivity index (χ0v) is 6.31. The molecule has 0 aliphatic carbocycles. The molecule has 0 unspecified atom stereocenters. The Morgan fingerprint density at radius 3 is 2.58 bits per heavy atom. The van der Waals surface area contributed by atoms with E-state index in [4.69, 9.17) is 0 Å². The van der Waals surface area contributed by atoms with Crippen molar-refractivity contribution >= 4 is 0 Å². The summed E-state index contributed by atoms with van der Waals surface area (Å²) in [5.41, 5.74) is 0.675. The summed E-state index contributed by atoms with van der Waals surface area (Å²) in [4.78, 5) is 0. The molecule has 12 heavy (non-hydrogen) atoms. The van der Waals surface area contributed by atoms with Crippen molar-refractivity contribution in [2.45, 2.75) is 19.7 Å². The van der Waals surface area contributed by atoms with E-state index in [-0.39, 0.29) is 0 Å². The molecule has 1 rings (SSSR count). The molecule has 68 valence electrons. The maximum absolute atomic E-state index is 11.6. The van der Waals surface area contributed by atoms with Gasteiger partial charge in [0.15, 0.2) is 0 Å². The van der Waals surface area contributed by atoms with Gasteiger partial charge in [0.1, 0.15) is 0 Å². The summed E-state index contributed by atoms with van der Waals surface area (Å²) in [7, 11) is 0. The van der Waals surface area contributed by atoms with Crippen LogP contribution in [0.3, 0.4) is 0 Å². The smallest absolute Gasteiger partial charge is 0.434 e. The summed E-state index contributed by atoms with van der Waals surface area (Å²) < 4.78 is 42.7. The molecule has 0 atom stereocenters. The highest BCUT2D eigenvalue weighted by Gasteiger charge is 2.32. The molecule has 1 heterocycles. The number of halogens is 3. The summed E-state index contributed by atoms with van der Waals surface area (Å²) in [6.45, 7) is 1.81. The van der Waals surface area contributed by atoms with Gasteiger partial charge in [0.2, 0.25) is 0 Å². The Bertz CT molecular complexity index is 251. The SMILES string of the molecule is CCc1coc(OC(F)(F)F)c1. The van der Waals surface area contributed by atoms with Gasteiger partial charge in [-0.15, -0.1) is 13.2 Å². The maximum atomic E-state index is 11.6. The Kier molecular flexibility index (Phi) is 2.30. The van der Waals surface area contributed by atoms with Crippen LogP contribution in [0.2, 0.25) is 0 Å². The van der Waals surface area contributed by atoms with E-state index in [2.05, 4.69) is 9.15 Å². The standard InChI is InChI=1S/C7H7F3O2/c1-2-5-3-6(11-4-5)12-7(8,9)10/h3-4H,2H2,1H3. The largest absolute Gasteiger partial charge is 0.575 e. The minimum absolute atomic E-state index is 0.514. The molecule has 0 spiro atoms. The van der Waals surface area contributed by atoms with Crippen molar-refractivity contribution < 1.29 is 22.3 Å². The van der Waals surface area contributed by atoms with E-state index in [1.807, 2.05) is 6.92 Å². The summed E-state index contributed by atoms with van der Waals surface area (Å²) in [6.07, 6.45) is -2.82. The van der Waals surface area contributed by atoms with Crippen molar-refractivity contribution in [3.63, 3.8) is 0 Å². The molecule has 0 radical (unpaired) electrons. The first-order chi connectivity index (χ1) is 5.51. The molecule has 2 nitrogen and oxygen atoms in total. The van der Waals surface area contributed by atoms with Crippen LogP contribution in [-0.4, -0.2) is 6.36 Å². The third-order valence-corrected chi connectivity index (χ3v) is 1.25. The normalized spacial score (nSPS) is 11.7. The lowest BCUT2D eigenvalue weighted by Crippen LogP contribution is -2.16. The Hall–Kier alpha value is -1.13. The van der Waals surface area contributed by atoms with Crippen molar-refractivity contribution in [1.29, 1.82) is 0 Å². The van der Waals surface area contributed by atoms with Crippen LogP contribution in [0.25, 0.3) is 0 Å². The fourth-order valence-corrected chi connectivity index (χ4v) is 0.706. The molecule has 0 aliphatic heterocycles. The van der Waals surface area contributed by atoms with Crippen LogP contribution < -0.4 is 4.74 Å². The molecule has 0 aliphatic rings. The first-order valence-electron chi connectivity index (χ1n) is 3.34. The van der Waals surface area contributed by atoms with Crippen LogP contribution in [0.15, 0.2) is 16.7 Å². The van der Waals surface area contributed by atoms with E-state index in [9.17, 15) is 13.2 Å². The second-order valence-electron chi connectivity index (χ2n) is 2.18. The van der Waals surface area contributed by atoms with E-state index in [1.165, 1.54) is 12.3 Å². The quantitative estimate of drug-likeness (QED) is 0.698. The van der Waals surface area contributed by atoms with Gasteiger partial charge in [-0.25, -0.2) is 0 Å². The molecule has 0 saturated heterocycles. The van der Waals surface area contributed by atoms with Gasteiger partial charge in [-0.1, -0.05) is 6.92 Å². The van der Waals surface area contributed by atoms with Crippen molar-refractivity contribution in [3.05, 3.63) is 17.9 Å². The van der Waals surface area contributed by atoms with Crippen molar-refractivity contribution in [2.24, 2.45) is 0 Å². The van der Waals surface area contributed by atoms with Crippen molar-refractivity contribution in [3.8, 4) is 5.95 Å². The highest BCUT2D eigenvalue weighted by atomic mass is 19.4. The van der Waals surface area contributed by atoms with Gasteiger partial charge >= 0.3 is 6.36 Å². The number of alkyl halides is 3. The van der Waals surface area contributed by atoms with E-state index < -0.39 is 12.3 Å². The molecule has 0 saturated carbocycles. The lowest BCUT2D eigenvalue weighted by Gasteiger charge is -2.03. The third-order valence-electron chi connectivity index (χ3n) is 1.25. The van der Waals surface area contributed by atoms with E-state index in [1.54, 1.807) is 0 Å². The number of furan rings is 1. The average molecular weight is 180 g/mol. The third kappa shape index (κ3) is 2.48. The van der Waals surface area contributed by atoms with Crippen molar-refractivity contribution in [2.75, 3.05) is 0 Å². The number of aryl methyl sites for hydroxylation is 1. The van der Waals surface area contributed by atoms with Crippen molar-refractivity contribution in [1.82, 2.24) is 0 Å². The van der Waals surface area contributed by atoms with E-state index >= 15 is 0 Å². The van der Waals surface area contributed by atoms with Crippen LogP contribution >= 0.6 is 0 Å². The number of hydrogen-bond acceptors (Lipinski definition) is 2. The van der Waals surface area contributed by atoms with Crippen LogP contribution in [-0.2, 0) is 6.42 Å². The summed E-state index contributed by atoms with van der Waals surface area (Å²) in [5, 5.41) is 0. The summed E-state index contributed by atoms with van der Waals surface area (Å²) in [6, 6.07) is 1.22. The molecular weight excluding hydrogens is 173 g/mol. The van der Waals surface area contributed by atoms with Gasteiger partial charge in [-0.05, 0) is 12.0 Å². The summed E-state index contributed by atoms with van der Waals surface area (Å²) in [5.74, 6) is -0.514. The van der Waals surface area contributed by atoms with Gasteiger partial charge < -0.3 is 9.15 Å². The Morgan fingerprint density at radius 1 is 1.50 bits per heavy atom. The fraction of sp³-hybridized carbons (Fsp3) is 0.429. The first kappa shape index (κ1) is 8.96. The summed E-state index contributed by atoms with van der Waals surface area (Å²) >= 11 is 0. The average Bonchev–Trinajstić information content (AvgIpc) is 2.32. The number of hydrogen-bond donors (Lipinski definition) is 0. The van der Waals surface area contributed by atoms with E-state index in [0.717, 1.165) is 0 Å². The zero-order valence-electron chi connectivity index (χ0n) is 6.31. The topological polar surface area (TPSA) is 22.4 Å². The van der Waals surface area contributed by atoms with Gasteiger partial charge in [-0.2, -0.15) is 0 Å². The molecule has 0 aromatic carbocycles. The predicted molar refractivity (Wildman–Crippen MR) is 34.8 cm³/mol. The molecule has 1 aromatic heterocycles. The predicted octanol–water partition coefficient (Wildman–Crippen LogP) is 2.74. The minimum atomic E-state index is -4.68. The van der Waals surface area contributed by atoms with E-state index in [0.29, 0.717) is 12.0 Å². The first-order valence-corrected chi connectivity index (χ1v) is 3.34. The number of rotatable bonds is 2. The molecule has 0 amide bonds. The highest BCUT2D eigenvalue weighted by molar-refractivity contribution is 5.16. The van der Waals surface area contributed by atoms with Crippen LogP contribution in [0.5, 0.6) is 5.95 Å². The Morgan fingerprint density at radius 2 is 2.17 bits per heavy atom. The molecule has 0 bridgehead atoms. The Labute approximate surface area is 66.9 Å². The van der Waals surface area contributed by atoms with Crippen LogP contribution in [0, 0.1) is 0 Å². The minimum Gasteiger partial charge on any atom is -0.434 e. The molecule has 1 aromatic rings. The monoisotopic (exact) mass is 180 g/mol. The molecular formula is C7H7F3O2. The van der Waals surface area contributed by atoms with Gasteiger partial charge in [0.25, 0.3) is 5.95 Å². The van der Waals surface area contributed by atoms with Gasteiger partial charge in [0.05, 0.1) is 6.26 Å². The fourth-order valence-electron chi connectivity index (χ4n) is 0.706. The van der Waals surface area contributed by atoms with Crippen LogP contribution in [0.4, 0.5) is 13.2 Å². The lowest BCUT2D eigenvalue weighted by molar-refractivity contribution is -0.280. The molecule has 0 N–H and O–H groups in total.